The predicted octanol–water partition coefficient (Wildman–Crippen LogP) is 1.55. The van der Waals surface area contributed by atoms with E-state index in [0.717, 1.165) is 11.1 Å². The second kappa shape index (κ2) is 2.88. The fourth-order valence-electron chi connectivity index (χ4n) is 1.74. The second-order valence-electron chi connectivity index (χ2n) is 3.24. The van der Waals surface area contributed by atoms with Crippen LogP contribution in [0.3, 0.4) is 0 Å². The third kappa shape index (κ3) is 1.13. The van der Waals surface area contributed by atoms with Crippen molar-refractivity contribution in [2.45, 2.75) is 25.0 Å². The van der Waals surface area contributed by atoms with Crippen molar-refractivity contribution in [1.82, 2.24) is 0 Å². The molecule has 0 aliphatic heterocycles. The van der Waals surface area contributed by atoms with Gasteiger partial charge in [0.15, 0.2) is 0 Å². The summed E-state index contributed by atoms with van der Waals surface area (Å²) in [6.07, 6.45) is 0.560. The van der Waals surface area contributed by atoms with Gasteiger partial charge in [-0.15, -0.1) is 0 Å². The molecule has 1 aliphatic carbocycles. The molecule has 1 aromatic rings. The second-order valence-corrected chi connectivity index (χ2v) is 3.24. The predicted molar refractivity (Wildman–Crippen MR) is 45.6 cm³/mol. The fraction of sp³-hybridized carbons (Fsp3) is 0.400. The van der Waals surface area contributed by atoms with Gasteiger partial charge in [-0.05, 0) is 24.0 Å². The Labute approximate surface area is 71.5 Å². The first-order chi connectivity index (χ1) is 5.79. The molecule has 64 valence electrons. The number of aliphatic hydroxyl groups is 2. The minimum Gasteiger partial charge on any atom is -0.388 e. The monoisotopic (exact) mass is 164 g/mol. The highest BCUT2D eigenvalue weighted by Gasteiger charge is 2.23. The molecule has 12 heavy (non-hydrogen) atoms. The fourth-order valence-corrected chi connectivity index (χ4v) is 1.74. The van der Waals surface area contributed by atoms with Crippen LogP contribution in [-0.2, 0) is 0 Å². The molecule has 0 saturated heterocycles. The van der Waals surface area contributed by atoms with Crippen LogP contribution in [0.2, 0.25) is 0 Å². The van der Waals surface area contributed by atoms with Crippen LogP contribution >= 0.6 is 0 Å². The maximum atomic E-state index is 9.57. The molecule has 0 fully saturated rings. The number of aliphatic hydroxyl groups excluding tert-OH is 2. The molecule has 2 N–H and O–H groups in total. The third-order valence-electron chi connectivity index (χ3n) is 2.43. The number of hydrogen-bond acceptors (Lipinski definition) is 2. The van der Waals surface area contributed by atoms with E-state index in [-0.39, 0.29) is 12.2 Å². The maximum absolute atomic E-state index is 9.57. The Hall–Kier alpha value is -0.860. The molecule has 1 aliphatic rings. The third-order valence-corrected chi connectivity index (χ3v) is 2.43. The molecule has 2 atom stereocenters. The minimum absolute atomic E-state index is 0.385. The van der Waals surface area contributed by atoms with Crippen LogP contribution in [0.5, 0.6) is 0 Å². The molecule has 0 unspecified atom stereocenters. The quantitative estimate of drug-likeness (QED) is 0.610. The topological polar surface area (TPSA) is 40.5 Å². The van der Waals surface area contributed by atoms with Gasteiger partial charge in [-0.1, -0.05) is 24.3 Å². The maximum Gasteiger partial charge on any atom is 0.0794 e. The summed E-state index contributed by atoms with van der Waals surface area (Å²) in [5.74, 6) is 0. The molecule has 2 nitrogen and oxygen atoms in total. The first-order valence-electron chi connectivity index (χ1n) is 4.24. The summed E-state index contributed by atoms with van der Waals surface area (Å²) < 4.78 is 0. The Morgan fingerprint density at radius 2 is 1.33 bits per heavy atom. The molecule has 0 bridgehead atoms. The highest BCUT2D eigenvalue weighted by atomic mass is 16.3. The summed E-state index contributed by atoms with van der Waals surface area (Å²) in [6.45, 7) is 0. The van der Waals surface area contributed by atoms with Crippen LogP contribution in [0.1, 0.15) is 36.2 Å². The zero-order chi connectivity index (χ0) is 8.55. The summed E-state index contributed by atoms with van der Waals surface area (Å²) in [5.41, 5.74) is 1.77. The van der Waals surface area contributed by atoms with Gasteiger partial charge < -0.3 is 10.2 Å². The molecule has 0 amide bonds. The Kier molecular flexibility index (Phi) is 1.87. The van der Waals surface area contributed by atoms with Crippen molar-refractivity contribution >= 4 is 0 Å². The minimum atomic E-state index is -0.385. The summed E-state index contributed by atoms with van der Waals surface area (Å²) in [7, 11) is 0. The van der Waals surface area contributed by atoms with E-state index < -0.39 is 0 Å². The van der Waals surface area contributed by atoms with E-state index in [1.807, 2.05) is 24.3 Å². The molecule has 0 spiro atoms. The molecule has 2 heteroatoms. The molecular formula is C10H12O2. The average Bonchev–Trinajstić information content (AvgIpc) is 2.12. The molecular weight excluding hydrogens is 152 g/mol. The number of benzene rings is 1. The first kappa shape index (κ1) is 7.77. The molecule has 2 rings (SSSR count). The van der Waals surface area contributed by atoms with Gasteiger partial charge in [0.1, 0.15) is 0 Å². The van der Waals surface area contributed by atoms with Crippen molar-refractivity contribution in [3.05, 3.63) is 35.4 Å². The van der Waals surface area contributed by atoms with Crippen LogP contribution in [-0.4, -0.2) is 10.2 Å². The summed E-state index contributed by atoms with van der Waals surface area (Å²) in [4.78, 5) is 0. The Morgan fingerprint density at radius 3 is 1.75 bits per heavy atom. The normalized spacial score (nSPS) is 28.2. The van der Waals surface area contributed by atoms with Gasteiger partial charge in [-0.25, -0.2) is 0 Å². The SMILES string of the molecule is O[C@@H]1CC[C@H](O)c2ccccc21. The van der Waals surface area contributed by atoms with E-state index in [2.05, 4.69) is 0 Å². The van der Waals surface area contributed by atoms with E-state index in [4.69, 9.17) is 0 Å². The van der Waals surface area contributed by atoms with E-state index >= 15 is 0 Å². The van der Waals surface area contributed by atoms with Crippen LogP contribution in [0.4, 0.5) is 0 Å². The van der Waals surface area contributed by atoms with Crippen molar-refractivity contribution < 1.29 is 10.2 Å². The van der Waals surface area contributed by atoms with E-state index in [1.165, 1.54) is 0 Å². The summed E-state index contributed by atoms with van der Waals surface area (Å²) >= 11 is 0. The smallest absolute Gasteiger partial charge is 0.0794 e. The Bertz CT molecular complexity index is 254. The Balaban J connectivity index is 2.47. The first-order valence-corrected chi connectivity index (χ1v) is 4.24. The van der Waals surface area contributed by atoms with Crippen LogP contribution in [0.25, 0.3) is 0 Å². The van der Waals surface area contributed by atoms with Crippen molar-refractivity contribution in [3.63, 3.8) is 0 Å². The van der Waals surface area contributed by atoms with Crippen molar-refractivity contribution in [1.29, 1.82) is 0 Å². The number of rotatable bonds is 0. The van der Waals surface area contributed by atoms with Gasteiger partial charge in [0.25, 0.3) is 0 Å². The van der Waals surface area contributed by atoms with Gasteiger partial charge in [0.05, 0.1) is 12.2 Å². The van der Waals surface area contributed by atoms with Gasteiger partial charge >= 0.3 is 0 Å². The van der Waals surface area contributed by atoms with Crippen molar-refractivity contribution in [3.8, 4) is 0 Å². The lowest BCUT2D eigenvalue weighted by molar-refractivity contribution is 0.0910. The lowest BCUT2D eigenvalue weighted by Crippen LogP contribution is -2.13. The number of fused-ring (bicyclic) bond motifs is 1. The molecule has 0 heterocycles. The van der Waals surface area contributed by atoms with Crippen molar-refractivity contribution in [2.24, 2.45) is 0 Å². The molecule has 0 radical (unpaired) electrons. The lowest BCUT2D eigenvalue weighted by atomic mass is 9.87. The lowest BCUT2D eigenvalue weighted by Gasteiger charge is -2.25. The zero-order valence-electron chi connectivity index (χ0n) is 6.77. The summed E-state index contributed by atoms with van der Waals surface area (Å²) in [6, 6.07) is 7.53. The highest BCUT2D eigenvalue weighted by Crippen LogP contribution is 2.35. The standard InChI is InChI=1S/C10H12O2/c11-9-5-6-10(12)8-4-2-1-3-7(8)9/h1-4,9-12H,5-6H2/t9-,10+. The molecule has 1 aromatic carbocycles. The van der Waals surface area contributed by atoms with Gasteiger partial charge in [0.2, 0.25) is 0 Å². The average molecular weight is 164 g/mol. The van der Waals surface area contributed by atoms with Gasteiger partial charge in [-0.2, -0.15) is 0 Å². The highest BCUT2D eigenvalue weighted by molar-refractivity contribution is 5.32. The van der Waals surface area contributed by atoms with Crippen LogP contribution in [0.15, 0.2) is 24.3 Å². The number of hydrogen-bond donors (Lipinski definition) is 2. The van der Waals surface area contributed by atoms with E-state index in [0.29, 0.717) is 12.8 Å². The van der Waals surface area contributed by atoms with E-state index in [9.17, 15) is 10.2 Å². The largest absolute Gasteiger partial charge is 0.388 e. The van der Waals surface area contributed by atoms with Gasteiger partial charge in [0, 0.05) is 0 Å². The van der Waals surface area contributed by atoms with Crippen molar-refractivity contribution in [2.75, 3.05) is 0 Å². The molecule has 0 aromatic heterocycles. The van der Waals surface area contributed by atoms with Crippen LogP contribution < -0.4 is 0 Å². The zero-order valence-corrected chi connectivity index (χ0v) is 6.77. The summed E-state index contributed by atoms with van der Waals surface area (Å²) in [5, 5.41) is 19.1. The van der Waals surface area contributed by atoms with E-state index in [1.54, 1.807) is 0 Å². The Morgan fingerprint density at radius 1 is 0.917 bits per heavy atom. The molecule has 0 saturated carbocycles. The van der Waals surface area contributed by atoms with Gasteiger partial charge in [-0.3, -0.25) is 0 Å². The van der Waals surface area contributed by atoms with Crippen LogP contribution in [0, 0.1) is 0 Å².